The molecule has 2 atom stereocenters. The monoisotopic (exact) mass is 280 g/mol. The van der Waals surface area contributed by atoms with Gasteiger partial charge in [-0.05, 0) is 25.7 Å². The van der Waals surface area contributed by atoms with Gasteiger partial charge in [0.25, 0.3) is 0 Å². The Labute approximate surface area is 112 Å². The zero-order chi connectivity index (χ0) is 13.0. The standard InChI is InChI=1S/C11H12N4O3S/c16-10(17)7-4-3-6(18-7)9-14-15-8(5-1-2-5)12-13-11(15)19-9/h5-7H,1-4H2,(H,16,17). The lowest BCUT2D eigenvalue weighted by Crippen LogP contribution is -2.18. The van der Waals surface area contributed by atoms with Crippen LogP contribution in [0.3, 0.4) is 0 Å². The van der Waals surface area contributed by atoms with Gasteiger partial charge in [-0.25, -0.2) is 4.79 Å². The van der Waals surface area contributed by atoms with Crippen molar-refractivity contribution in [3.8, 4) is 0 Å². The highest BCUT2D eigenvalue weighted by molar-refractivity contribution is 7.16. The van der Waals surface area contributed by atoms with Crippen molar-refractivity contribution < 1.29 is 14.6 Å². The van der Waals surface area contributed by atoms with Gasteiger partial charge in [0.05, 0.1) is 0 Å². The van der Waals surface area contributed by atoms with Gasteiger partial charge in [-0.2, -0.15) is 9.61 Å². The molecule has 19 heavy (non-hydrogen) atoms. The van der Waals surface area contributed by atoms with Crippen molar-refractivity contribution in [2.45, 2.75) is 43.8 Å². The van der Waals surface area contributed by atoms with E-state index in [2.05, 4.69) is 15.3 Å². The second-order valence-electron chi connectivity index (χ2n) is 5.00. The highest BCUT2D eigenvalue weighted by Crippen LogP contribution is 2.40. The number of aliphatic carboxylic acids is 1. The van der Waals surface area contributed by atoms with E-state index in [1.54, 1.807) is 4.52 Å². The largest absolute Gasteiger partial charge is 0.479 e. The third-order valence-corrected chi connectivity index (χ3v) is 4.53. The molecule has 2 aromatic rings. The third kappa shape index (κ3) is 1.82. The molecule has 2 fully saturated rings. The lowest BCUT2D eigenvalue weighted by molar-refractivity contribution is -0.149. The Hall–Kier alpha value is -1.54. The SMILES string of the molecule is O=C(O)C1CCC(c2nn3c(C4CC4)nnc3s2)O1. The molecule has 1 N–H and O–H groups in total. The fourth-order valence-corrected chi connectivity index (χ4v) is 3.29. The van der Waals surface area contributed by atoms with Crippen LogP contribution in [0.5, 0.6) is 0 Å². The van der Waals surface area contributed by atoms with Crippen LogP contribution < -0.4 is 0 Å². The molecule has 1 aliphatic carbocycles. The number of hydrogen-bond acceptors (Lipinski definition) is 6. The summed E-state index contributed by atoms with van der Waals surface area (Å²) in [5, 5.41) is 22.5. The molecule has 2 aromatic heterocycles. The Morgan fingerprint density at radius 2 is 2.16 bits per heavy atom. The maximum absolute atomic E-state index is 10.9. The van der Waals surface area contributed by atoms with Gasteiger partial charge in [0.1, 0.15) is 11.1 Å². The number of aromatic nitrogens is 4. The van der Waals surface area contributed by atoms with Gasteiger partial charge in [-0.15, -0.1) is 10.2 Å². The van der Waals surface area contributed by atoms with Gasteiger partial charge >= 0.3 is 5.97 Å². The molecule has 0 bridgehead atoms. The number of carboxylic acid groups (broad SMARTS) is 1. The number of ether oxygens (including phenoxy) is 1. The van der Waals surface area contributed by atoms with Crippen LogP contribution >= 0.6 is 11.3 Å². The average molecular weight is 280 g/mol. The normalized spacial score (nSPS) is 27.2. The minimum atomic E-state index is -0.899. The summed E-state index contributed by atoms with van der Waals surface area (Å²) < 4.78 is 7.30. The highest BCUT2D eigenvalue weighted by Gasteiger charge is 2.35. The van der Waals surface area contributed by atoms with Gasteiger partial charge in [0, 0.05) is 5.92 Å². The maximum atomic E-state index is 10.9. The van der Waals surface area contributed by atoms with Crippen LogP contribution in [0, 0.1) is 0 Å². The van der Waals surface area contributed by atoms with E-state index >= 15 is 0 Å². The van der Waals surface area contributed by atoms with E-state index in [4.69, 9.17) is 9.84 Å². The van der Waals surface area contributed by atoms with Crippen molar-refractivity contribution in [2.24, 2.45) is 0 Å². The summed E-state index contributed by atoms with van der Waals surface area (Å²) in [4.78, 5) is 11.6. The van der Waals surface area contributed by atoms with Crippen LogP contribution in [0.1, 0.15) is 48.5 Å². The smallest absolute Gasteiger partial charge is 0.332 e. The predicted molar refractivity (Wildman–Crippen MR) is 65.1 cm³/mol. The second-order valence-corrected chi connectivity index (χ2v) is 5.98. The Balaban J connectivity index is 1.63. The lowest BCUT2D eigenvalue weighted by Gasteiger charge is -2.06. The Kier molecular flexibility index (Phi) is 2.36. The molecule has 0 spiro atoms. The van der Waals surface area contributed by atoms with Crippen LogP contribution in [0.15, 0.2) is 0 Å². The molecule has 0 amide bonds. The van der Waals surface area contributed by atoms with Crippen molar-refractivity contribution in [1.82, 2.24) is 19.8 Å². The summed E-state index contributed by atoms with van der Waals surface area (Å²) in [5.41, 5.74) is 0. The number of carbonyl (C=O) groups is 1. The van der Waals surface area contributed by atoms with E-state index in [-0.39, 0.29) is 6.10 Å². The zero-order valence-electron chi connectivity index (χ0n) is 10.0. The van der Waals surface area contributed by atoms with Crippen molar-refractivity contribution in [1.29, 1.82) is 0 Å². The third-order valence-electron chi connectivity index (χ3n) is 3.54. The molecule has 7 nitrogen and oxygen atoms in total. The van der Waals surface area contributed by atoms with Gasteiger partial charge in [0.2, 0.25) is 4.96 Å². The summed E-state index contributed by atoms with van der Waals surface area (Å²) in [6, 6.07) is 0. The van der Waals surface area contributed by atoms with Crippen LogP contribution in [-0.2, 0) is 9.53 Å². The molecule has 0 radical (unpaired) electrons. The number of rotatable bonds is 3. The first-order valence-corrected chi connectivity index (χ1v) is 7.14. The summed E-state index contributed by atoms with van der Waals surface area (Å²) in [7, 11) is 0. The first kappa shape index (κ1) is 11.3. The number of nitrogens with zero attached hydrogens (tertiary/aromatic N) is 4. The van der Waals surface area contributed by atoms with E-state index in [0.29, 0.717) is 18.8 Å². The summed E-state index contributed by atoms with van der Waals surface area (Å²) in [6.07, 6.45) is 2.60. The highest BCUT2D eigenvalue weighted by atomic mass is 32.1. The molecule has 4 rings (SSSR count). The quantitative estimate of drug-likeness (QED) is 0.913. The Morgan fingerprint density at radius 1 is 1.32 bits per heavy atom. The Morgan fingerprint density at radius 3 is 2.84 bits per heavy atom. The van der Waals surface area contributed by atoms with E-state index in [9.17, 15) is 4.79 Å². The van der Waals surface area contributed by atoms with Crippen molar-refractivity contribution in [3.63, 3.8) is 0 Å². The van der Waals surface area contributed by atoms with Gasteiger partial charge < -0.3 is 9.84 Å². The van der Waals surface area contributed by atoms with Gasteiger partial charge in [-0.3, -0.25) is 0 Å². The zero-order valence-corrected chi connectivity index (χ0v) is 10.8. The van der Waals surface area contributed by atoms with E-state index in [1.165, 1.54) is 11.3 Å². The average Bonchev–Trinajstić information content (AvgIpc) is 2.84. The summed E-state index contributed by atoms with van der Waals surface area (Å²) >= 11 is 1.43. The van der Waals surface area contributed by atoms with E-state index < -0.39 is 12.1 Å². The molecular weight excluding hydrogens is 268 g/mol. The minimum absolute atomic E-state index is 0.222. The molecule has 3 heterocycles. The van der Waals surface area contributed by atoms with Crippen LogP contribution in [0.4, 0.5) is 0 Å². The number of carboxylic acids is 1. The topological polar surface area (TPSA) is 89.6 Å². The molecule has 1 saturated heterocycles. The molecule has 1 aliphatic heterocycles. The molecule has 0 aromatic carbocycles. The second kappa shape index (κ2) is 3.97. The summed E-state index contributed by atoms with van der Waals surface area (Å²) in [5.74, 6) is 0.510. The number of hydrogen-bond donors (Lipinski definition) is 1. The van der Waals surface area contributed by atoms with Gasteiger partial charge in [-0.1, -0.05) is 11.3 Å². The minimum Gasteiger partial charge on any atom is -0.479 e. The molecule has 1 saturated carbocycles. The molecule has 100 valence electrons. The lowest BCUT2D eigenvalue weighted by atomic mass is 10.2. The number of fused-ring (bicyclic) bond motifs is 1. The van der Waals surface area contributed by atoms with E-state index in [0.717, 1.165) is 28.6 Å². The molecular formula is C11H12N4O3S. The van der Waals surface area contributed by atoms with Crippen LogP contribution in [0.2, 0.25) is 0 Å². The predicted octanol–water partition coefficient (Wildman–Crippen LogP) is 1.37. The molecule has 8 heteroatoms. The van der Waals surface area contributed by atoms with Crippen LogP contribution in [0.25, 0.3) is 4.96 Å². The Bertz CT molecular complexity index is 647. The first-order valence-electron chi connectivity index (χ1n) is 6.32. The molecule has 2 aliphatic rings. The summed E-state index contributed by atoms with van der Waals surface area (Å²) in [6.45, 7) is 0. The fraction of sp³-hybridized carbons (Fsp3) is 0.636. The van der Waals surface area contributed by atoms with Crippen molar-refractivity contribution >= 4 is 22.3 Å². The fourth-order valence-electron chi connectivity index (χ4n) is 2.37. The van der Waals surface area contributed by atoms with Gasteiger partial charge in [0.15, 0.2) is 11.9 Å². The van der Waals surface area contributed by atoms with Crippen molar-refractivity contribution in [3.05, 3.63) is 10.8 Å². The molecule has 2 unspecified atom stereocenters. The maximum Gasteiger partial charge on any atom is 0.332 e. The first-order chi connectivity index (χ1) is 9.22. The van der Waals surface area contributed by atoms with Crippen LogP contribution in [-0.4, -0.2) is 37.0 Å². The van der Waals surface area contributed by atoms with E-state index in [1.807, 2.05) is 0 Å². The van der Waals surface area contributed by atoms with Crippen molar-refractivity contribution in [2.75, 3.05) is 0 Å².